The van der Waals surface area contributed by atoms with E-state index in [9.17, 15) is 4.79 Å². The molecule has 0 spiro atoms. The fourth-order valence-electron chi connectivity index (χ4n) is 2.96. The highest BCUT2D eigenvalue weighted by Crippen LogP contribution is 2.13. The number of carbonyl (C=O) groups excluding carboxylic acids is 1. The molecule has 1 heterocycles. The Kier molecular flexibility index (Phi) is 8.05. The van der Waals surface area contributed by atoms with E-state index in [1.807, 2.05) is 24.3 Å². The molecule has 1 aromatic carbocycles. The molecule has 5 heteroatoms. The Morgan fingerprint density at radius 1 is 1.29 bits per heavy atom. The van der Waals surface area contributed by atoms with Gasteiger partial charge in [-0.1, -0.05) is 26.0 Å². The van der Waals surface area contributed by atoms with Crippen LogP contribution in [0.1, 0.15) is 38.7 Å². The number of amides is 1. The minimum absolute atomic E-state index is 0.119. The van der Waals surface area contributed by atoms with Crippen LogP contribution in [0.3, 0.4) is 0 Å². The monoisotopic (exact) mass is 333 g/mol. The van der Waals surface area contributed by atoms with Gasteiger partial charge in [0.25, 0.3) is 0 Å². The van der Waals surface area contributed by atoms with E-state index >= 15 is 0 Å². The molecule has 1 aliphatic heterocycles. The standard InChI is InChI=1S/C19H31N3O2/c1-3-22(4-2)12-13-24-18-9-7-16(8-10-18)15-21-19(23)14-17-6-5-11-20-17/h7-10,17,20H,3-6,11-15H2,1-2H3,(H,21,23). The molecular formula is C19H31N3O2. The Hall–Kier alpha value is -1.59. The van der Waals surface area contributed by atoms with Gasteiger partial charge in [0.15, 0.2) is 0 Å². The van der Waals surface area contributed by atoms with Crippen LogP contribution in [-0.4, -0.2) is 49.6 Å². The smallest absolute Gasteiger partial charge is 0.221 e. The number of hydrogen-bond donors (Lipinski definition) is 2. The van der Waals surface area contributed by atoms with Gasteiger partial charge in [-0.2, -0.15) is 0 Å². The average molecular weight is 333 g/mol. The highest BCUT2D eigenvalue weighted by Gasteiger charge is 2.17. The van der Waals surface area contributed by atoms with Gasteiger partial charge < -0.3 is 20.3 Å². The molecule has 0 bridgehead atoms. The van der Waals surface area contributed by atoms with E-state index < -0.39 is 0 Å². The van der Waals surface area contributed by atoms with Gasteiger partial charge in [-0.05, 0) is 50.2 Å². The lowest BCUT2D eigenvalue weighted by Gasteiger charge is -2.18. The van der Waals surface area contributed by atoms with Crippen LogP contribution in [0.15, 0.2) is 24.3 Å². The number of hydrogen-bond acceptors (Lipinski definition) is 4. The van der Waals surface area contributed by atoms with Crippen LogP contribution >= 0.6 is 0 Å². The first-order chi connectivity index (χ1) is 11.7. The summed E-state index contributed by atoms with van der Waals surface area (Å²) in [5.74, 6) is 1.00. The summed E-state index contributed by atoms with van der Waals surface area (Å²) in [5.41, 5.74) is 1.10. The molecule has 2 N–H and O–H groups in total. The van der Waals surface area contributed by atoms with E-state index in [1.54, 1.807) is 0 Å². The molecule has 134 valence electrons. The lowest BCUT2D eigenvalue weighted by atomic mass is 10.1. The molecule has 1 fully saturated rings. The van der Waals surface area contributed by atoms with Crippen molar-refractivity contribution in [3.8, 4) is 5.75 Å². The molecule has 1 aromatic rings. The van der Waals surface area contributed by atoms with Crippen LogP contribution in [0.2, 0.25) is 0 Å². The zero-order valence-electron chi connectivity index (χ0n) is 15.0. The maximum atomic E-state index is 11.9. The van der Waals surface area contributed by atoms with Gasteiger partial charge in [0.2, 0.25) is 5.91 Å². The van der Waals surface area contributed by atoms with E-state index in [0.29, 0.717) is 25.6 Å². The van der Waals surface area contributed by atoms with Gasteiger partial charge in [-0.15, -0.1) is 0 Å². The topological polar surface area (TPSA) is 53.6 Å². The second kappa shape index (κ2) is 10.3. The molecule has 2 rings (SSSR count). The number of benzene rings is 1. The molecule has 0 saturated carbocycles. The molecule has 1 amide bonds. The SMILES string of the molecule is CCN(CC)CCOc1ccc(CNC(=O)CC2CCCN2)cc1. The number of nitrogens with one attached hydrogen (secondary N) is 2. The molecule has 1 saturated heterocycles. The first-order valence-corrected chi connectivity index (χ1v) is 9.15. The maximum absolute atomic E-state index is 11.9. The van der Waals surface area contributed by atoms with Gasteiger partial charge in [0.1, 0.15) is 12.4 Å². The third-order valence-corrected chi connectivity index (χ3v) is 4.58. The third kappa shape index (κ3) is 6.49. The Morgan fingerprint density at radius 2 is 2.04 bits per heavy atom. The van der Waals surface area contributed by atoms with E-state index in [2.05, 4.69) is 29.4 Å². The summed E-state index contributed by atoms with van der Waals surface area (Å²) in [6, 6.07) is 8.33. The molecule has 1 unspecified atom stereocenters. The van der Waals surface area contributed by atoms with Gasteiger partial charge in [-0.3, -0.25) is 4.79 Å². The Bertz CT molecular complexity index is 480. The normalized spacial score (nSPS) is 17.2. The van der Waals surface area contributed by atoms with Gasteiger partial charge >= 0.3 is 0 Å². The van der Waals surface area contributed by atoms with E-state index in [4.69, 9.17) is 4.74 Å². The maximum Gasteiger partial charge on any atom is 0.221 e. The number of likely N-dealkylation sites (N-methyl/N-ethyl adjacent to an activating group) is 1. The minimum Gasteiger partial charge on any atom is -0.492 e. The van der Waals surface area contributed by atoms with Crippen LogP contribution in [0.25, 0.3) is 0 Å². The number of carbonyl (C=O) groups is 1. The summed E-state index contributed by atoms with van der Waals surface area (Å²) in [4.78, 5) is 14.3. The predicted molar refractivity (Wildman–Crippen MR) is 97.2 cm³/mol. The second-order valence-electron chi connectivity index (χ2n) is 6.29. The summed E-state index contributed by atoms with van der Waals surface area (Å²) in [5, 5.41) is 6.34. The van der Waals surface area contributed by atoms with Crippen molar-refractivity contribution in [1.82, 2.24) is 15.5 Å². The van der Waals surface area contributed by atoms with Crippen molar-refractivity contribution in [2.75, 3.05) is 32.8 Å². The van der Waals surface area contributed by atoms with Crippen molar-refractivity contribution in [3.63, 3.8) is 0 Å². The first-order valence-electron chi connectivity index (χ1n) is 9.15. The Morgan fingerprint density at radius 3 is 2.67 bits per heavy atom. The summed E-state index contributed by atoms with van der Waals surface area (Å²) in [6.45, 7) is 9.68. The van der Waals surface area contributed by atoms with Crippen molar-refractivity contribution in [2.24, 2.45) is 0 Å². The largest absolute Gasteiger partial charge is 0.492 e. The highest BCUT2D eigenvalue weighted by atomic mass is 16.5. The fraction of sp³-hybridized carbons (Fsp3) is 0.632. The summed E-state index contributed by atoms with van der Waals surface area (Å²) >= 11 is 0. The van der Waals surface area contributed by atoms with Crippen LogP contribution in [0, 0.1) is 0 Å². The highest BCUT2D eigenvalue weighted by molar-refractivity contribution is 5.76. The predicted octanol–water partition coefficient (Wildman–Crippen LogP) is 2.17. The lowest BCUT2D eigenvalue weighted by Crippen LogP contribution is -2.31. The number of nitrogens with zero attached hydrogens (tertiary/aromatic N) is 1. The average Bonchev–Trinajstić information content (AvgIpc) is 3.11. The molecule has 0 aliphatic carbocycles. The zero-order chi connectivity index (χ0) is 17.2. The first kappa shape index (κ1) is 18.7. The third-order valence-electron chi connectivity index (χ3n) is 4.58. The van der Waals surface area contributed by atoms with Crippen molar-refractivity contribution >= 4 is 5.91 Å². The number of ether oxygens (including phenoxy) is 1. The van der Waals surface area contributed by atoms with Gasteiger partial charge in [0, 0.05) is 25.6 Å². The van der Waals surface area contributed by atoms with Crippen molar-refractivity contribution in [2.45, 2.75) is 45.7 Å². The van der Waals surface area contributed by atoms with Gasteiger partial charge in [0.05, 0.1) is 0 Å². The van der Waals surface area contributed by atoms with E-state index in [1.165, 1.54) is 6.42 Å². The molecule has 0 radical (unpaired) electrons. The van der Waals surface area contributed by atoms with E-state index in [-0.39, 0.29) is 5.91 Å². The van der Waals surface area contributed by atoms with Crippen molar-refractivity contribution in [1.29, 1.82) is 0 Å². The fourth-order valence-corrected chi connectivity index (χ4v) is 2.96. The number of rotatable bonds is 10. The van der Waals surface area contributed by atoms with Crippen LogP contribution in [0.4, 0.5) is 0 Å². The summed E-state index contributed by atoms with van der Waals surface area (Å²) < 4.78 is 5.77. The minimum atomic E-state index is 0.119. The van der Waals surface area contributed by atoms with E-state index in [0.717, 1.165) is 43.9 Å². The molecule has 24 heavy (non-hydrogen) atoms. The van der Waals surface area contributed by atoms with Crippen LogP contribution < -0.4 is 15.4 Å². The zero-order valence-corrected chi connectivity index (χ0v) is 15.0. The summed E-state index contributed by atoms with van der Waals surface area (Å²) in [6.07, 6.45) is 2.85. The second-order valence-corrected chi connectivity index (χ2v) is 6.29. The molecule has 5 nitrogen and oxygen atoms in total. The van der Waals surface area contributed by atoms with Crippen molar-refractivity contribution in [3.05, 3.63) is 29.8 Å². The lowest BCUT2D eigenvalue weighted by molar-refractivity contribution is -0.121. The van der Waals surface area contributed by atoms with Crippen molar-refractivity contribution < 1.29 is 9.53 Å². The molecule has 1 atom stereocenters. The van der Waals surface area contributed by atoms with Crippen LogP contribution in [-0.2, 0) is 11.3 Å². The molecule has 0 aromatic heterocycles. The van der Waals surface area contributed by atoms with Crippen LogP contribution in [0.5, 0.6) is 5.75 Å². The summed E-state index contributed by atoms with van der Waals surface area (Å²) in [7, 11) is 0. The Labute approximate surface area is 145 Å². The van der Waals surface area contributed by atoms with Gasteiger partial charge in [-0.25, -0.2) is 0 Å². The molecular weight excluding hydrogens is 302 g/mol. The Balaban J connectivity index is 1.66. The molecule has 1 aliphatic rings. The quantitative estimate of drug-likeness (QED) is 0.689.